The van der Waals surface area contributed by atoms with Gasteiger partial charge in [-0.15, -0.1) is 0 Å². The van der Waals surface area contributed by atoms with Crippen molar-refractivity contribution < 1.29 is 4.79 Å². The van der Waals surface area contributed by atoms with E-state index in [2.05, 4.69) is 13.8 Å². The van der Waals surface area contributed by atoms with E-state index in [1.54, 1.807) is 7.85 Å². The molecule has 0 spiro atoms. The van der Waals surface area contributed by atoms with Crippen LogP contribution >= 0.6 is 0 Å². The molecule has 0 saturated carbocycles. The second-order valence-electron chi connectivity index (χ2n) is 2.63. The second-order valence-corrected chi connectivity index (χ2v) is 2.63. The lowest BCUT2D eigenvalue weighted by molar-refractivity contribution is 0.274. The van der Waals surface area contributed by atoms with Crippen molar-refractivity contribution in [2.45, 2.75) is 19.7 Å². The smallest absolute Gasteiger partial charge is 0.172 e. The van der Waals surface area contributed by atoms with E-state index in [1.807, 2.05) is 0 Å². The lowest BCUT2D eigenvalue weighted by Gasteiger charge is -1.94. The van der Waals surface area contributed by atoms with Crippen LogP contribution in [0.1, 0.15) is 13.8 Å². The molecule has 0 aromatic heterocycles. The van der Waals surface area contributed by atoms with Crippen LogP contribution in [0.15, 0.2) is 0 Å². The summed E-state index contributed by atoms with van der Waals surface area (Å²) in [5.41, 5.74) is 0.304. The van der Waals surface area contributed by atoms with Gasteiger partial charge in [0.05, 0.1) is 7.17 Å². The third-order valence-electron chi connectivity index (χ3n) is 1.07. The van der Waals surface area contributed by atoms with Crippen LogP contribution in [0.3, 0.4) is 0 Å². The van der Waals surface area contributed by atoms with Crippen molar-refractivity contribution >= 4 is 27.8 Å². The fourth-order valence-electron chi connectivity index (χ4n) is 0.492. The largest absolute Gasteiger partial charge is 0.324 e. The molecule has 0 bridgehead atoms. The Labute approximate surface area is 53.1 Å². The van der Waals surface area contributed by atoms with Crippen molar-refractivity contribution in [2.75, 3.05) is 0 Å². The van der Waals surface area contributed by atoms with Gasteiger partial charge in [-0.2, -0.15) is 0 Å². The van der Waals surface area contributed by atoms with Gasteiger partial charge in [-0.1, -0.05) is 19.7 Å². The SMILES string of the molecule is BC(=O)BBC(C)C. The molecule has 0 N–H and O–H groups in total. The summed E-state index contributed by atoms with van der Waals surface area (Å²) in [6.45, 7) is 4.26. The first-order valence-electron chi connectivity index (χ1n) is 3.12. The van der Waals surface area contributed by atoms with Crippen LogP contribution in [-0.2, 0) is 0 Å². The van der Waals surface area contributed by atoms with E-state index >= 15 is 0 Å². The van der Waals surface area contributed by atoms with E-state index in [0.29, 0.717) is 11.4 Å². The molecule has 0 rings (SSSR count). The molecule has 4 heteroatoms. The Bertz CT molecular complexity index is 81.4. The fourth-order valence-corrected chi connectivity index (χ4v) is 0.492. The van der Waals surface area contributed by atoms with Gasteiger partial charge in [0, 0.05) is 5.58 Å². The fraction of sp³-hybridized carbons (Fsp3) is 0.750. The summed E-state index contributed by atoms with van der Waals surface area (Å²) < 4.78 is 0. The first kappa shape index (κ1) is 7.86. The Morgan fingerprint density at radius 1 is 1.62 bits per heavy atom. The van der Waals surface area contributed by atoms with Crippen LogP contribution in [0.4, 0.5) is 4.79 Å². The Morgan fingerprint density at radius 3 is 2.25 bits per heavy atom. The molecule has 0 aliphatic carbocycles. The van der Waals surface area contributed by atoms with E-state index in [9.17, 15) is 4.79 Å². The number of carbonyl (C=O) groups is 1. The van der Waals surface area contributed by atoms with Crippen molar-refractivity contribution in [1.29, 1.82) is 0 Å². The van der Waals surface area contributed by atoms with Gasteiger partial charge in [-0.05, 0) is 0 Å². The van der Waals surface area contributed by atoms with Crippen molar-refractivity contribution in [3.63, 3.8) is 0 Å². The van der Waals surface area contributed by atoms with Gasteiger partial charge in [0.2, 0.25) is 0 Å². The minimum atomic E-state index is 0.304. The maximum atomic E-state index is 10.3. The van der Waals surface area contributed by atoms with Crippen LogP contribution in [0.2, 0.25) is 5.82 Å². The molecule has 0 unspecified atom stereocenters. The highest BCUT2D eigenvalue weighted by atomic mass is 16.1. The monoisotopic (exact) mass is 108 g/mol. The molecule has 0 aromatic rings. The Hall–Kier alpha value is -0.135. The summed E-state index contributed by atoms with van der Waals surface area (Å²) in [6, 6.07) is 0. The van der Waals surface area contributed by atoms with E-state index in [4.69, 9.17) is 0 Å². The van der Waals surface area contributed by atoms with Gasteiger partial charge >= 0.3 is 0 Å². The molecule has 0 radical (unpaired) electrons. The number of rotatable bonds is 3. The quantitative estimate of drug-likeness (QED) is 0.439. The maximum Gasteiger partial charge on any atom is 0.172 e. The zero-order valence-electron chi connectivity index (χ0n) is 5.90. The summed E-state index contributed by atoms with van der Waals surface area (Å²) in [7, 11) is 3.43. The normalized spacial score (nSPS) is 8.88. The highest BCUT2D eigenvalue weighted by Crippen LogP contribution is 1.93. The Kier molecular flexibility index (Phi) is 3.75. The third-order valence-corrected chi connectivity index (χ3v) is 1.07. The van der Waals surface area contributed by atoms with Crippen LogP contribution in [0.5, 0.6) is 0 Å². The van der Waals surface area contributed by atoms with E-state index in [1.165, 1.54) is 0 Å². The predicted molar refractivity (Wildman–Crippen MR) is 43.3 cm³/mol. The molecule has 0 aliphatic heterocycles. The average molecular weight is 108 g/mol. The summed E-state index contributed by atoms with van der Waals surface area (Å²) in [4.78, 5) is 10.3. The van der Waals surface area contributed by atoms with E-state index in [0.717, 1.165) is 14.3 Å². The molecule has 0 fully saturated rings. The molecule has 0 atom stereocenters. The predicted octanol–water partition coefficient (Wildman–Crippen LogP) is -0.644. The molecule has 8 heavy (non-hydrogen) atoms. The number of carbonyl (C=O) groups excluding carboxylic acids is 1. The van der Waals surface area contributed by atoms with Crippen molar-refractivity contribution in [2.24, 2.45) is 0 Å². The topological polar surface area (TPSA) is 17.1 Å². The van der Waals surface area contributed by atoms with Gasteiger partial charge in [0.1, 0.15) is 0 Å². The van der Waals surface area contributed by atoms with Gasteiger partial charge in [-0.3, -0.25) is 0 Å². The van der Waals surface area contributed by atoms with Gasteiger partial charge < -0.3 is 4.79 Å². The standard InChI is InChI=1S/C4H11B3O/c1-3(2)6-7-4(5)8/h3,6-7H,5H2,1-2H3. The first-order chi connectivity index (χ1) is 3.63. The van der Waals surface area contributed by atoms with Gasteiger partial charge in [0.25, 0.3) is 0 Å². The first-order valence-corrected chi connectivity index (χ1v) is 3.12. The van der Waals surface area contributed by atoms with Crippen LogP contribution in [-0.4, -0.2) is 27.8 Å². The molecule has 0 amide bonds. The summed E-state index contributed by atoms with van der Waals surface area (Å²) in [5.74, 6) is 0.666. The summed E-state index contributed by atoms with van der Waals surface area (Å²) in [6.07, 6.45) is 0. The molecule has 0 heterocycles. The highest BCUT2D eigenvalue weighted by Gasteiger charge is 2.00. The second kappa shape index (κ2) is 3.82. The van der Waals surface area contributed by atoms with Crippen LogP contribution in [0, 0.1) is 0 Å². The average Bonchev–Trinajstić information content (AvgIpc) is 1.61. The maximum absolute atomic E-state index is 10.3. The van der Waals surface area contributed by atoms with Crippen molar-refractivity contribution in [3.05, 3.63) is 0 Å². The Morgan fingerprint density at radius 2 is 2.12 bits per heavy atom. The molecule has 0 aliphatic rings. The summed E-state index contributed by atoms with van der Waals surface area (Å²) in [5, 5.41) is 0. The number of hydrogen-bond acceptors (Lipinski definition) is 1. The van der Waals surface area contributed by atoms with Crippen molar-refractivity contribution in [1.82, 2.24) is 0 Å². The van der Waals surface area contributed by atoms with E-state index < -0.39 is 0 Å². The van der Waals surface area contributed by atoms with E-state index in [-0.39, 0.29) is 0 Å². The lowest BCUT2D eigenvalue weighted by Crippen LogP contribution is -2.16. The molecular weight excluding hydrogens is 96.5 g/mol. The minimum Gasteiger partial charge on any atom is -0.324 e. The Balaban J connectivity index is 3.05. The molecule has 42 valence electrons. The molecule has 0 saturated heterocycles. The molecule has 1 nitrogen and oxygen atoms in total. The zero-order chi connectivity index (χ0) is 6.57. The molecule has 0 aromatic carbocycles. The minimum absolute atomic E-state index is 0.304. The number of hydrogen-bond donors (Lipinski definition) is 0. The van der Waals surface area contributed by atoms with Crippen molar-refractivity contribution in [3.8, 4) is 0 Å². The molecular formula is C4H11B3O. The van der Waals surface area contributed by atoms with Gasteiger partial charge in [-0.25, -0.2) is 0 Å². The van der Waals surface area contributed by atoms with Gasteiger partial charge in [0.15, 0.2) is 15.0 Å². The summed E-state index contributed by atoms with van der Waals surface area (Å²) >= 11 is 0. The van der Waals surface area contributed by atoms with Crippen LogP contribution in [0.25, 0.3) is 0 Å². The zero-order valence-corrected chi connectivity index (χ0v) is 5.90. The highest BCUT2D eigenvalue weighted by molar-refractivity contribution is 7.24. The van der Waals surface area contributed by atoms with Crippen LogP contribution < -0.4 is 0 Å². The lowest BCUT2D eigenvalue weighted by atomic mass is 9.30. The third kappa shape index (κ3) is 5.86.